The minimum atomic E-state index is -0.0690. The molecule has 3 heterocycles. The number of fused-ring (bicyclic) bond motifs is 1. The molecule has 0 fully saturated rings. The molecular weight excluding hydrogens is 292 g/mol. The Hall–Kier alpha value is -2.89. The van der Waals surface area contributed by atoms with Crippen LogP contribution in [0, 0.1) is 0 Å². The number of benzene rings is 1. The van der Waals surface area contributed by atoms with Crippen molar-refractivity contribution in [2.45, 2.75) is 13.0 Å². The summed E-state index contributed by atoms with van der Waals surface area (Å²) in [6, 6.07) is 11.5. The van der Waals surface area contributed by atoms with Crippen molar-refractivity contribution in [3.05, 3.63) is 59.7 Å². The summed E-state index contributed by atoms with van der Waals surface area (Å²) in [6.45, 7) is 1.08. The number of carbonyl (C=O) groups excluding carboxylic acids is 1. The monoisotopic (exact) mass is 308 g/mol. The van der Waals surface area contributed by atoms with Gasteiger partial charge in [0.2, 0.25) is 5.89 Å². The molecule has 0 saturated heterocycles. The third-order valence-electron chi connectivity index (χ3n) is 3.97. The molecule has 3 aromatic rings. The van der Waals surface area contributed by atoms with Crippen LogP contribution in [-0.4, -0.2) is 32.1 Å². The van der Waals surface area contributed by atoms with Gasteiger partial charge in [-0.05, 0) is 18.2 Å². The molecule has 1 amide bonds. The maximum absolute atomic E-state index is 12.5. The molecule has 1 aliphatic rings. The van der Waals surface area contributed by atoms with Gasteiger partial charge in [-0.25, -0.2) is 4.98 Å². The number of oxazole rings is 1. The third-order valence-corrected chi connectivity index (χ3v) is 3.97. The number of aryl methyl sites for hydroxylation is 1. The van der Waals surface area contributed by atoms with Gasteiger partial charge in [-0.15, -0.1) is 0 Å². The van der Waals surface area contributed by atoms with Crippen LogP contribution in [0.3, 0.4) is 0 Å². The minimum Gasteiger partial charge on any atom is -0.441 e. The number of carbonyl (C=O) groups is 1. The first-order chi connectivity index (χ1) is 11.2. The number of hydrogen-bond donors (Lipinski definition) is 0. The van der Waals surface area contributed by atoms with Crippen LogP contribution >= 0.6 is 0 Å². The average Bonchev–Trinajstić information content (AvgIpc) is 3.20. The van der Waals surface area contributed by atoms with Crippen molar-refractivity contribution in [3.8, 4) is 11.5 Å². The van der Waals surface area contributed by atoms with Gasteiger partial charge in [-0.2, -0.15) is 5.10 Å². The molecule has 0 atom stereocenters. The summed E-state index contributed by atoms with van der Waals surface area (Å²) in [7, 11) is 1.80. The Morgan fingerprint density at radius 3 is 2.78 bits per heavy atom. The summed E-state index contributed by atoms with van der Waals surface area (Å²) in [5.41, 5.74) is 2.24. The number of aromatic nitrogens is 3. The quantitative estimate of drug-likeness (QED) is 0.728. The second-order valence-corrected chi connectivity index (χ2v) is 5.61. The van der Waals surface area contributed by atoms with Gasteiger partial charge in [0, 0.05) is 31.8 Å². The van der Waals surface area contributed by atoms with Crippen LogP contribution in [0.25, 0.3) is 11.5 Å². The molecule has 0 N–H and O–H groups in total. The zero-order chi connectivity index (χ0) is 15.8. The van der Waals surface area contributed by atoms with Crippen LogP contribution < -0.4 is 0 Å². The van der Waals surface area contributed by atoms with E-state index in [1.165, 1.54) is 0 Å². The molecule has 0 aliphatic carbocycles. The molecule has 1 aliphatic heterocycles. The largest absolute Gasteiger partial charge is 0.441 e. The van der Waals surface area contributed by atoms with E-state index in [2.05, 4.69) is 10.1 Å². The molecular formula is C17H16N4O2. The van der Waals surface area contributed by atoms with Gasteiger partial charge in [0.05, 0.1) is 6.54 Å². The molecule has 6 heteroatoms. The van der Waals surface area contributed by atoms with E-state index in [1.54, 1.807) is 28.9 Å². The highest BCUT2D eigenvalue weighted by molar-refractivity contribution is 5.92. The minimum absolute atomic E-state index is 0.0690. The molecule has 0 spiro atoms. The van der Waals surface area contributed by atoms with E-state index in [4.69, 9.17) is 4.42 Å². The fraction of sp³-hybridized carbons (Fsp3) is 0.235. The van der Waals surface area contributed by atoms with Gasteiger partial charge in [0.25, 0.3) is 5.91 Å². The first-order valence-electron chi connectivity index (χ1n) is 7.53. The predicted octanol–water partition coefficient (Wildman–Crippen LogP) is 2.27. The standard InChI is InChI=1S/C17H16N4O2/c1-20-9-7-13(19-20)17(22)21-10-8-15-14(11-21)18-16(23-15)12-5-3-2-4-6-12/h2-7,9H,8,10-11H2,1H3. The Labute approximate surface area is 133 Å². The smallest absolute Gasteiger partial charge is 0.274 e. The van der Waals surface area contributed by atoms with Gasteiger partial charge >= 0.3 is 0 Å². The molecule has 2 aromatic heterocycles. The van der Waals surface area contributed by atoms with E-state index in [1.807, 2.05) is 30.3 Å². The lowest BCUT2D eigenvalue weighted by Crippen LogP contribution is -2.36. The Morgan fingerprint density at radius 2 is 2.04 bits per heavy atom. The highest BCUT2D eigenvalue weighted by Gasteiger charge is 2.27. The number of rotatable bonds is 2. The Balaban J connectivity index is 1.58. The van der Waals surface area contributed by atoms with Crippen molar-refractivity contribution < 1.29 is 9.21 Å². The summed E-state index contributed by atoms with van der Waals surface area (Å²) in [5.74, 6) is 1.41. The van der Waals surface area contributed by atoms with E-state index in [9.17, 15) is 4.79 Å². The van der Waals surface area contributed by atoms with Crippen LogP contribution in [0.15, 0.2) is 47.0 Å². The van der Waals surface area contributed by atoms with Gasteiger partial charge in [0.1, 0.15) is 17.1 Å². The van der Waals surface area contributed by atoms with Crippen molar-refractivity contribution in [2.24, 2.45) is 7.05 Å². The highest BCUT2D eigenvalue weighted by Crippen LogP contribution is 2.26. The summed E-state index contributed by atoms with van der Waals surface area (Å²) in [5, 5.41) is 4.18. The zero-order valence-electron chi connectivity index (χ0n) is 12.8. The van der Waals surface area contributed by atoms with Crippen LogP contribution in [0.5, 0.6) is 0 Å². The Kier molecular flexibility index (Phi) is 3.22. The Bertz CT molecular complexity index is 851. The zero-order valence-corrected chi connectivity index (χ0v) is 12.8. The number of hydrogen-bond acceptors (Lipinski definition) is 4. The van der Waals surface area contributed by atoms with Gasteiger partial charge in [0.15, 0.2) is 0 Å². The van der Waals surface area contributed by atoms with Crippen LogP contribution in [0.4, 0.5) is 0 Å². The van der Waals surface area contributed by atoms with Crippen LogP contribution in [-0.2, 0) is 20.0 Å². The fourth-order valence-electron chi connectivity index (χ4n) is 2.77. The average molecular weight is 308 g/mol. The van der Waals surface area contributed by atoms with Crippen LogP contribution in [0.2, 0.25) is 0 Å². The maximum atomic E-state index is 12.5. The second kappa shape index (κ2) is 5.39. The van der Waals surface area contributed by atoms with E-state index in [0.29, 0.717) is 31.1 Å². The number of nitrogens with zero attached hydrogens (tertiary/aromatic N) is 4. The summed E-state index contributed by atoms with van der Waals surface area (Å²) in [4.78, 5) is 18.8. The summed E-state index contributed by atoms with van der Waals surface area (Å²) < 4.78 is 7.49. The van der Waals surface area contributed by atoms with Crippen molar-refractivity contribution >= 4 is 5.91 Å². The van der Waals surface area contributed by atoms with Crippen molar-refractivity contribution in [3.63, 3.8) is 0 Å². The van der Waals surface area contributed by atoms with Crippen molar-refractivity contribution in [2.75, 3.05) is 6.54 Å². The van der Waals surface area contributed by atoms with E-state index in [0.717, 1.165) is 17.0 Å². The fourth-order valence-corrected chi connectivity index (χ4v) is 2.77. The second-order valence-electron chi connectivity index (χ2n) is 5.61. The van der Waals surface area contributed by atoms with Crippen molar-refractivity contribution in [1.82, 2.24) is 19.7 Å². The Morgan fingerprint density at radius 1 is 1.22 bits per heavy atom. The summed E-state index contributed by atoms with van der Waals surface area (Å²) in [6.07, 6.45) is 2.44. The third kappa shape index (κ3) is 2.52. The predicted molar refractivity (Wildman–Crippen MR) is 83.6 cm³/mol. The summed E-state index contributed by atoms with van der Waals surface area (Å²) >= 11 is 0. The first kappa shape index (κ1) is 13.8. The lowest BCUT2D eigenvalue weighted by atomic mass is 10.1. The molecule has 0 radical (unpaired) electrons. The number of amides is 1. The SMILES string of the molecule is Cn1ccc(C(=O)N2CCc3oc(-c4ccccc4)nc3C2)n1. The normalized spacial score (nSPS) is 13.9. The molecule has 23 heavy (non-hydrogen) atoms. The molecule has 0 unspecified atom stereocenters. The molecule has 6 nitrogen and oxygen atoms in total. The molecule has 1 aromatic carbocycles. The molecule has 0 bridgehead atoms. The molecule has 116 valence electrons. The molecule has 4 rings (SSSR count). The molecule has 0 saturated carbocycles. The maximum Gasteiger partial charge on any atom is 0.274 e. The van der Waals surface area contributed by atoms with Crippen molar-refractivity contribution in [1.29, 1.82) is 0 Å². The first-order valence-corrected chi connectivity index (χ1v) is 7.53. The lowest BCUT2D eigenvalue weighted by Gasteiger charge is -2.24. The van der Waals surface area contributed by atoms with E-state index < -0.39 is 0 Å². The topological polar surface area (TPSA) is 64.2 Å². The van der Waals surface area contributed by atoms with Gasteiger partial charge < -0.3 is 9.32 Å². The lowest BCUT2D eigenvalue weighted by molar-refractivity contribution is 0.0721. The van der Waals surface area contributed by atoms with E-state index in [-0.39, 0.29) is 5.91 Å². The van der Waals surface area contributed by atoms with Crippen LogP contribution in [0.1, 0.15) is 21.9 Å². The van der Waals surface area contributed by atoms with Gasteiger partial charge in [-0.1, -0.05) is 18.2 Å². The van der Waals surface area contributed by atoms with Gasteiger partial charge in [-0.3, -0.25) is 9.48 Å². The highest BCUT2D eigenvalue weighted by atomic mass is 16.4. The van der Waals surface area contributed by atoms with E-state index >= 15 is 0 Å².